The van der Waals surface area contributed by atoms with E-state index in [1.54, 1.807) is 32.9 Å². The number of carbonyl (C=O) groups is 2. The van der Waals surface area contributed by atoms with Crippen molar-refractivity contribution in [2.75, 3.05) is 6.54 Å². The molecule has 1 atom stereocenters. The molecule has 0 aliphatic heterocycles. The molecule has 0 saturated carbocycles. The molecule has 0 spiro atoms. The van der Waals surface area contributed by atoms with Crippen LogP contribution in [-0.2, 0) is 15.1 Å². The number of benzene rings is 1. The van der Waals surface area contributed by atoms with Crippen molar-refractivity contribution in [3.63, 3.8) is 0 Å². The predicted octanol–water partition coefficient (Wildman–Crippen LogP) is 4.24. The van der Waals surface area contributed by atoms with E-state index in [0.29, 0.717) is 18.5 Å². The third kappa shape index (κ3) is 4.83. The van der Waals surface area contributed by atoms with Crippen LogP contribution in [0.5, 0.6) is 0 Å². The lowest BCUT2D eigenvalue weighted by Gasteiger charge is -2.39. The van der Waals surface area contributed by atoms with Crippen LogP contribution < -0.4 is 0 Å². The number of carboxylic acid groups (broad SMARTS) is 1. The van der Waals surface area contributed by atoms with E-state index in [0.717, 1.165) is 3.57 Å². The van der Waals surface area contributed by atoms with Crippen LogP contribution >= 0.6 is 22.6 Å². The molecule has 23 heavy (non-hydrogen) atoms. The highest BCUT2D eigenvalue weighted by molar-refractivity contribution is 14.1. The second kappa shape index (κ2) is 7.51. The van der Waals surface area contributed by atoms with Gasteiger partial charge in [0.05, 0.1) is 0 Å². The van der Waals surface area contributed by atoms with E-state index in [2.05, 4.69) is 22.6 Å². The number of rotatable bonds is 5. The lowest BCUT2D eigenvalue weighted by molar-refractivity contribution is -0.151. The smallest absolute Gasteiger partial charge is 0.411 e. The van der Waals surface area contributed by atoms with Gasteiger partial charge in [0.1, 0.15) is 5.60 Å². The highest BCUT2D eigenvalue weighted by atomic mass is 127. The van der Waals surface area contributed by atoms with E-state index in [9.17, 15) is 14.7 Å². The molecule has 0 saturated heterocycles. The van der Waals surface area contributed by atoms with E-state index in [1.807, 2.05) is 19.1 Å². The summed E-state index contributed by atoms with van der Waals surface area (Å²) in [5, 5.41) is 9.85. The minimum atomic E-state index is -1.48. The molecular formula is C17H24INO4. The number of halogens is 1. The van der Waals surface area contributed by atoms with Crippen LogP contribution in [0.2, 0.25) is 0 Å². The predicted molar refractivity (Wildman–Crippen MR) is 97.4 cm³/mol. The first-order chi connectivity index (χ1) is 10.5. The van der Waals surface area contributed by atoms with Gasteiger partial charge in [0, 0.05) is 10.1 Å². The van der Waals surface area contributed by atoms with Crippen LogP contribution in [0.4, 0.5) is 4.79 Å². The van der Waals surface area contributed by atoms with Crippen molar-refractivity contribution in [3.8, 4) is 0 Å². The van der Waals surface area contributed by atoms with E-state index in [1.165, 1.54) is 11.8 Å². The molecule has 0 radical (unpaired) electrons. The monoisotopic (exact) mass is 433 g/mol. The summed E-state index contributed by atoms with van der Waals surface area (Å²) >= 11 is 2.15. The maximum Gasteiger partial charge on any atom is 0.411 e. The van der Waals surface area contributed by atoms with Crippen molar-refractivity contribution in [1.29, 1.82) is 0 Å². The van der Waals surface area contributed by atoms with Gasteiger partial charge in [-0.25, -0.2) is 9.59 Å². The van der Waals surface area contributed by atoms with Crippen molar-refractivity contribution < 1.29 is 19.4 Å². The summed E-state index contributed by atoms with van der Waals surface area (Å²) in [7, 11) is 0. The maximum absolute atomic E-state index is 12.6. The molecule has 0 heterocycles. The molecule has 6 heteroatoms. The van der Waals surface area contributed by atoms with Crippen LogP contribution in [0.1, 0.15) is 46.6 Å². The van der Waals surface area contributed by atoms with Crippen molar-refractivity contribution in [2.24, 2.45) is 0 Å². The summed E-state index contributed by atoms with van der Waals surface area (Å²) < 4.78 is 6.41. The summed E-state index contributed by atoms with van der Waals surface area (Å²) in [5.41, 5.74) is -1.62. The van der Waals surface area contributed by atoms with Gasteiger partial charge in [-0.15, -0.1) is 0 Å². The van der Waals surface area contributed by atoms with Gasteiger partial charge in [0.15, 0.2) is 5.54 Å². The lowest BCUT2D eigenvalue weighted by Crippen LogP contribution is -2.54. The van der Waals surface area contributed by atoms with Crippen molar-refractivity contribution >= 4 is 34.7 Å². The van der Waals surface area contributed by atoms with Gasteiger partial charge in [0.2, 0.25) is 0 Å². The first kappa shape index (κ1) is 19.7. The average molecular weight is 433 g/mol. The number of aliphatic carboxylic acids is 1. The Balaban J connectivity index is 3.33. The zero-order valence-corrected chi connectivity index (χ0v) is 16.4. The Morgan fingerprint density at radius 3 is 2.09 bits per heavy atom. The highest BCUT2D eigenvalue weighted by Gasteiger charge is 2.45. The number of carbonyl (C=O) groups excluding carboxylic acids is 1. The fraction of sp³-hybridized carbons (Fsp3) is 0.529. The minimum absolute atomic E-state index is 0.295. The van der Waals surface area contributed by atoms with Gasteiger partial charge < -0.3 is 9.84 Å². The third-order valence-electron chi connectivity index (χ3n) is 3.42. The zero-order valence-electron chi connectivity index (χ0n) is 14.2. The second-order valence-corrected chi connectivity index (χ2v) is 7.76. The Morgan fingerprint density at radius 1 is 1.17 bits per heavy atom. The standard InChI is InChI=1S/C17H24INO4/c1-6-11-19(15(22)23-16(2,3)4)17(5,14(20)21)12-7-9-13(18)10-8-12/h7-10H,6,11H2,1-5H3,(H,20,21). The van der Waals surface area contributed by atoms with Gasteiger partial charge in [-0.1, -0.05) is 19.1 Å². The number of hydrogen-bond donors (Lipinski definition) is 1. The maximum atomic E-state index is 12.6. The molecule has 1 amide bonds. The summed E-state index contributed by atoms with van der Waals surface area (Å²) in [4.78, 5) is 25.9. The molecule has 0 aliphatic rings. The molecular weight excluding hydrogens is 409 g/mol. The first-order valence-electron chi connectivity index (χ1n) is 7.52. The van der Waals surface area contributed by atoms with Crippen LogP contribution in [0.15, 0.2) is 24.3 Å². The number of carboxylic acids is 1. The van der Waals surface area contributed by atoms with Crippen molar-refractivity contribution in [2.45, 2.75) is 52.2 Å². The van der Waals surface area contributed by atoms with E-state index >= 15 is 0 Å². The molecule has 5 nitrogen and oxygen atoms in total. The summed E-state index contributed by atoms with van der Waals surface area (Å²) in [6, 6.07) is 7.14. The fourth-order valence-electron chi connectivity index (χ4n) is 2.21. The molecule has 1 aromatic rings. The van der Waals surface area contributed by atoms with Crippen LogP contribution in [0.25, 0.3) is 0 Å². The Hall–Kier alpha value is -1.31. The number of ether oxygens (including phenoxy) is 1. The molecule has 1 rings (SSSR count). The molecule has 1 N–H and O–H groups in total. The van der Waals surface area contributed by atoms with E-state index < -0.39 is 23.2 Å². The Labute approximate surface area is 151 Å². The van der Waals surface area contributed by atoms with E-state index in [-0.39, 0.29) is 0 Å². The fourth-order valence-corrected chi connectivity index (χ4v) is 2.57. The topological polar surface area (TPSA) is 66.8 Å². The van der Waals surface area contributed by atoms with Gasteiger partial charge >= 0.3 is 12.1 Å². The number of amides is 1. The largest absolute Gasteiger partial charge is 0.479 e. The highest BCUT2D eigenvalue weighted by Crippen LogP contribution is 2.31. The average Bonchev–Trinajstić information content (AvgIpc) is 2.42. The third-order valence-corrected chi connectivity index (χ3v) is 4.14. The molecule has 128 valence electrons. The number of nitrogens with zero attached hydrogens (tertiary/aromatic N) is 1. The van der Waals surface area contributed by atoms with Crippen LogP contribution in [0.3, 0.4) is 0 Å². The SMILES string of the molecule is CCCN(C(=O)OC(C)(C)C)C(C)(C(=O)O)c1ccc(I)cc1. The summed E-state index contributed by atoms with van der Waals surface area (Å²) in [6.45, 7) is 9.02. The molecule has 1 unspecified atom stereocenters. The zero-order chi connectivity index (χ0) is 17.8. The molecule has 1 aromatic carbocycles. The van der Waals surface area contributed by atoms with Gasteiger partial charge in [-0.05, 0) is 74.4 Å². The Kier molecular flexibility index (Phi) is 6.44. The van der Waals surface area contributed by atoms with Crippen LogP contribution in [-0.4, -0.2) is 34.2 Å². The van der Waals surface area contributed by atoms with Gasteiger partial charge in [-0.2, -0.15) is 0 Å². The van der Waals surface area contributed by atoms with Gasteiger partial charge in [0.25, 0.3) is 0 Å². The molecule has 0 aliphatic carbocycles. The Bertz CT molecular complexity index is 565. The summed E-state index contributed by atoms with van der Waals surface area (Å²) in [6.07, 6.45) is 0.00902. The van der Waals surface area contributed by atoms with Crippen molar-refractivity contribution in [1.82, 2.24) is 4.90 Å². The minimum Gasteiger partial charge on any atom is -0.479 e. The first-order valence-corrected chi connectivity index (χ1v) is 8.60. The lowest BCUT2D eigenvalue weighted by atomic mass is 9.90. The summed E-state index contributed by atoms with van der Waals surface area (Å²) in [5.74, 6) is -1.09. The Morgan fingerprint density at radius 2 is 1.70 bits per heavy atom. The second-order valence-electron chi connectivity index (χ2n) is 6.52. The molecule has 0 aromatic heterocycles. The molecule has 0 fully saturated rings. The van der Waals surface area contributed by atoms with Gasteiger partial charge in [-0.3, -0.25) is 4.90 Å². The van der Waals surface area contributed by atoms with E-state index in [4.69, 9.17) is 4.74 Å². The normalized spacial score (nSPS) is 14.0. The van der Waals surface area contributed by atoms with Crippen LogP contribution in [0, 0.1) is 3.57 Å². The quantitative estimate of drug-likeness (QED) is 0.706. The van der Waals surface area contributed by atoms with Crippen molar-refractivity contribution in [3.05, 3.63) is 33.4 Å². The number of hydrogen-bond acceptors (Lipinski definition) is 3. The molecule has 0 bridgehead atoms.